The summed E-state index contributed by atoms with van der Waals surface area (Å²) in [6.07, 6.45) is 2.21. The van der Waals surface area contributed by atoms with Gasteiger partial charge in [-0.15, -0.1) is 0 Å². The fourth-order valence-corrected chi connectivity index (χ4v) is 2.85. The minimum absolute atomic E-state index is 0.133. The van der Waals surface area contributed by atoms with Crippen LogP contribution in [0.5, 0.6) is 0 Å². The molecular formula is C11H20BrNO3S. The van der Waals surface area contributed by atoms with Gasteiger partial charge in [-0.1, -0.05) is 42.6 Å². The highest BCUT2D eigenvalue weighted by Gasteiger charge is 2.19. The van der Waals surface area contributed by atoms with Crippen molar-refractivity contribution in [3.8, 4) is 0 Å². The summed E-state index contributed by atoms with van der Waals surface area (Å²) in [5.74, 6) is 0.726. The Labute approximate surface area is 115 Å². The number of amides is 1. The normalized spacial score (nSPS) is 12.5. The van der Waals surface area contributed by atoms with E-state index < -0.39 is 12.0 Å². The minimum atomic E-state index is -0.976. The van der Waals surface area contributed by atoms with Crippen molar-refractivity contribution in [3.05, 3.63) is 0 Å². The summed E-state index contributed by atoms with van der Waals surface area (Å²) in [4.78, 5) is 22.0. The zero-order valence-electron chi connectivity index (χ0n) is 10.2. The van der Waals surface area contributed by atoms with E-state index in [2.05, 4.69) is 35.1 Å². The molecule has 1 unspecified atom stereocenters. The van der Waals surface area contributed by atoms with Gasteiger partial charge in [0.15, 0.2) is 0 Å². The van der Waals surface area contributed by atoms with Crippen LogP contribution in [0.25, 0.3) is 0 Å². The van der Waals surface area contributed by atoms with E-state index in [1.807, 2.05) is 0 Å². The molecule has 0 fully saturated rings. The van der Waals surface area contributed by atoms with Crippen molar-refractivity contribution in [2.24, 2.45) is 5.92 Å². The van der Waals surface area contributed by atoms with Gasteiger partial charge >= 0.3 is 5.97 Å². The summed E-state index contributed by atoms with van der Waals surface area (Å²) < 4.78 is 0. The van der Waals surface area contributed by atoms with Gasteiger partial charge in [0, 0.05) is 5.75 Å². The van der Waals surface area contributed by atoms with Crippen molar-refractivity contribution < 1.29 is 14.7 Å². The average molecular weight is 326 g/mol. The van der Waals surface area contributed by atoms with Gasteiger partial charge in [-0.3, -0.25) is 4.79 Å². The third kappa shape index (κ3) is 7.65. The summed E-state index contributed by atoms with van der Waals surface area (Å²) in [5, 5.41) is 11.6. The zero-order valence-corrected chi connectivity index (χ0v) is 12.6. The molecular weight excluding hydrogens is 306 g/mol. The highest BCUT2D eigenvalue weighted by Crippen LogP contribution is 2.16. The fraction of sp³-hybridized carbons (Fsp3) is 0.818. The molecule has 2 N–H and O–H groups in total. The molecule has 0 heterocycles. The van der Waals surface area contributed by atoms with E-state index in [0.717, 1.165) is 18.6 Å². The molecule has 0 aromatic carbocycles. The molecule has 0 aliphatic rings. The third-order valence-corrected chi connectivity index (χ3v) is 4.33. The van der Waals surface area contributed by atoms with Crippen LogP contribution in [0.15, 0.2) is 0 Å². The van der Waals surface area contributed by atoms with Crippen molar-refractivity contribution in [1.29, 1.82) is 0 Å². The van der Waals surface area contributed by atoms with Gasteiger partial charge in [0.1, 0.15) is 6.04 Å². The van der Waals surface area contributed by atoms with Gasteiger partial charge in [0.2, 0.25) is 5.91 Å². The molecule has 0 aliphatic heterocycles. The predicted molar refractivity (Wildman–Crippen MR) is 74.8 cm³/mol. The van der Waals surface area contributed by atoms with Crippen LogP contribution in [-0.4, -0.2) is 39.9 Å². The van der Waals surface area contributed by atoms with Crippen molar-refractivity contribution in [2.75, 3.05) is 16.8 Å². The molecule has 0 aromatic heterocycles. The number of carboxylic acids is 1. The molecule has 0 saturated carbocycles. The quantitative estimate of drug-likeness (QED) is 0.637. The van der Waals surface area contributed by atoms with Gasteiger partial charge in [-0.25, -0.2) is 4.79 Å². The maximum absolute atomic E-state index is 11.1. The summed E-state index contributed by atoms with van der Waals surface area (Å²) in [6, 6.07) is -0.792. The van der Waals surface area contributed by atoms with Crippen LogP contribution in [0.1, 0.15) is 26.7 Å². The summed E-state index contributed by atoms with van der Waals surface area (Å²) in [5.41, 5.74) is 0. The van der Waals surface area contributed by atoms with E-state index in [1.165, 1.54) is 0 Å². The number of carboxylic acid groups (broad SMARTS) is 1. The van der Waals surface area contributed by atoms with Crippen LogP contribution in [0, 0.1) is 5.92 Å². The second-order valence-electron chi connectivity index (χ2n) is 3.81. The molecule has 0 radical (unpaired) electrons. The number of hydrogen-bond acceptors (Lipinski definition) is 3. The highest BCUT2D eigenvalue weighted by atomic mass is 79.9. The Hall–Kier alpha value is -0.230. The molecule has 4 nitrogen and oxygen atoms in total. The Morgan fingerprint density at radius 1 is 1.29 bits per heavy atom. The SMILES string of the molecule is CCC(CC)CSCC(NC(=O)CBr)C(=O)O. The Morgan fingerprint density at radius 3 is 2.29 bits per heavy atom. The Bertz CT molecular complexity index is 247. The first-order valence-electron chi connectivity index (χ1n) is 5.70. The lowest BCUT2D eigenvalue weighted by Crippen LogP contribution is -2.43. The number of carbonyl (C=O) groups is 2. The van der Waals surface area contributed by atoms with Crippen molar-refractivity contribution in [1.82, 2.24) is 5.32 Å². The highest BCUT2D eigenvalue weighted by molar-refractivity contribution is 9.09. The van der Waals surface area contributed by atoms with Crippen LogP contribution in [-0.2, 0) is 9.59 Å². The number of rotatable bonds is 9. The lowest BCUT2D eigenvalue weighted by Gasteiger charge is -2.16. The molecule has 6 heteroatoms. The van der Waals surface area contributed by atoms with Crippen LogP contribution >= 0.6 is 27.7 Å². The van der Waals surface area contributed by atoms with Gasteiger partial charge in [0.25, 0.3) is 0 Å². The maximum atomic E-state index is 11.1. The van der Waals surface area contributed by atoms with E-state index >= 15 is 0 Å². The molecule has 0 spiro atoms. The first kappa shape index (κ1) is 16.8. The Balaban J connectivity index is 4.01. The molecule has 0 aromatic rings. The monoisotopic (exact) mass is 325 g/mol. The zero-order chi connectivity index (χ0) is 13.3. The van der Waals surface area contributed by atoms with Gasteiger partial charge in [-0.05, 0) is 11.7 Å². The lowest BCUT2D eigenvalue weighted by molar-refractivity contribution is -0.140. The van der Waals surface area contributed by atoms with Crippen LogP contribution in [0.3, 0.4) is 0 Å². The van der Waals surface area contributed by atoms with Crippen molar-refractivity contribution in [2.45, 2.75) is 32.7 Å². The number of hydrogen-bond donors (Lipinski definition) is 2. The number of aliphatic carboxylic acids is 1. The van der Waals surface area contributed by atoms with E-state index in [9.17, 15) is 9.59 Å². The molecule has 0 bridgehead atoms. The topological polar surface area (TPSA) is 66.4 Å². The van der Waals surface area contributed by atoms with E-state index in [4.69, 9.17) is 5.11 Å². The summed E-state index contributed by atoms with van der Waals surface area (Å²) >= 11 is 4.58. The first-order chi connectivity index (χ1) is 8.04. The lowest BCUT2D eigenvalue weighted by atomic mass is 10.1. The molecule has 100 valence electrons. The van der Waals surface area contributed by atoms with E-state index in [1.54, 1.807) is 11.8 Å². The average Bonchev–Trinajstić information content (AvgIpc) is 2.32. The maximum Gasteiger partial charge on any atom is 0.327 e. The second-order valence-corrected chi connectivity index (χ2v) is 5.45. The fourth-order valence-electron chi connectivity index (χ4n) is 1.28. The second kappa shape index (κ2) is 9.76. The Kier molecular flexibility index (Phi) is 9.63. The molecule has 0 rings (SSSR count). The number of alkyl halides is 1. The standard InChI is InChI=1S/C11H20BrNO3S/c1-3-8(4-2)6-17-7-9(11(15)16)13-10(14)5-12/h8-9H,3-7H2,1-2H3,(H,13,14)(H,15,16). The van der Waals surface area contributed by atoms with Crippen LogP contribution < -0.4 is 5.32 Å². The molecule has 0 aliphatic carbocycles. The van der Waals surface area contributed by atoms with Gasteiger partial charge < -0.3 is 10.4 Å². The number of nitrogens with one attached hydrogen (secondary N) is 1. The van der Waals surface area contributed by atoms with Gasteiger partial charge in [-0.2, -0.15) is 11.8 Å². The van der Waals surface area contributed by atoms with Crippen LogP contribution in [0.2, 0.25) is 0 Å². The molecule has 1 atom stereocenters. The number of carbonyl (C=O) groups excluding carboxylic acids is 1. The van der Waals surface area contributed by atoms with Crippen LogP contribution in [0.4, 0.5) is 0 Å². The van der Waals surface area contributed by atoms with E-state index in [-0.39, 0.29) is 11.2 Å². The number of thioether (sulfide) groups is 1. The van der Waals surface area contributed by atoms with E-state index in [0.29, 0.717) is 11.7 Å². The predicted octanol–water partition coefficient (Wildman–Crippen LogP) is 2.12. The van der Waals surface area contributed by atoms with Crippen molar-refractivity contribution >= 4 is 39.6 Å². The first-order valence-corrected chi connectivity index (χ1v) is 7.98. The minimum Gasteiger partial charge on any atom is -0.480 e. The largest absolute Gasteiger partial charge is 0.480 e. The third-order valence-electron chi connectivity index (χ3n) is 2.55. The Morgan fingerprint density at radius 2 is 1.88 bits per heavy atom. The molecule has 0 saturated heterocycles. The number of halogens is 1. The smallest absolute Gasteiger partial charge is 0.327 e. The van der Waals surface area contributed by atoms with Crippen molar-refractivity contribution in [3.63, 3.8) is 0 Å². The summed E-state index contributed by atoms with van der Waals surface area (Å²) in [6.45, 7) is 4.27. The molecule has 1 amide bonds. The molecule has 17 heavy (non-hydrogen) atoms. The van der Waals surface area contributed by atoms with Gasteiger partial charge in [0.05, 0.1) is 5.33 Å². The summed E-state index contributed by atoms with van der Waals surface area (Å²) in [7, 11) is 0.